The minimum absolute atomic E-state index is 0.166. The number of aromatic hydroxyl groups is 1. The second kappa shape index (κ2) is 7.12. The minimum atomic E-state index is 0.166. The molecule has 0 spiro atoms. The van der Waals surface area contributed by atoms with E-state index >= 15 is 0 Å². The quantitative estimate of drug-likeness (QED) is 0.450. The van der Waals surface area contributed by atoms with E-state index in [0.29, 0.717) is 15.7 Å². The molecule has 116 valence electrons. The lowest BCUT2D eigenvalue weighted by Gasteiger charge is -1.99. The number of phenols is 1. The number of rotatable bonds is 4. The lowest BCUT2D eigenvalue weighted by molar-refractivity contribution is 0.474. The average Bonchev–Trinajstić information content (AvgIpc) is 3.00. The Morgan fingerprint density at radius 1 is 1.22 bits per heavy atom. The zero-order chi connectivity index (χ0) is 16.2. The number of nitrogens with one attached hydrogen (secondary N) is 1. The fourth-order valence-corrected chi connectivity index (χ4v) is 3.04. The third-order valence-electron chi connectivity index (χ3n) is 3.00. The number of phenolic OH excluding ortho intramolecular Hbond substituents is 1. The number of hydrogen-bond donors (Lipinski definition) is 2. The van der Waals surface area contributed by atoms with Gasteiger partial charge in [-0.2, -0.15) is 5.10 Å². The van der Waals surface area contributed by atoms with Gasteiger partial charge in [-0.25, -0.2) is 4.98 Å². The molecule has 0 saturated carbocycles. The van der Waals surface area contributed by atoms with Crippen molar-refractivity contribution in [2.75, 3.05) is 5.43 Å². The van der Waals surface area contributed by atoms with Gasteiger partial charge in [0.15, 0.2) is 0 Å². The zero-order valence-corrected chi connectivity index (χ0v) is 14.9. The second-order valence-electron chi connectivity index (χ2n) is 4.62. The van der Waals surface area contributed by atoms with E-state index in [2.05, 4.69) is 31.4 Å². The molecule has 0 unspecified atom stereocenters. The van der Waals surface area contributed by atoms with Gasteiger partial charge in [0, 0.05) is 26.0 Å². The Morgan fingerprint density at radius 3 is 2.78 bits per heavy atom. The molecule has 0 radical (unpaired) electrons. The van der Waals surface area contributed by atoms with Crippen molar-refractivity contribution >= 4 is 50.2 Å². The van der Waals surface area contributed by atoms with E-state index in [1.165, 1.54) is 11.3 Å². The van der Waals surface area contributed by atoms with Gasteiger partial charge in [-0.05, 0) is 30.3 Å². The van der Waals surface area contributed by atoms with Gasteiger partial charge in [0.05, 0.1) is 11.9 Å². The number of halogens is 2. The topological polar surface area (TPSA) is 57.5 Å². The van der Waals surface area contributed by atoms with Gasteiger partial charge < -0.3 is 5.11 Å². The van der Waals surface area contributed by atoms with Crippen LogP contribution in [0.2, 0.25) is 5.02 Å². The highest BCUT2D eigenvalue weighted by Crippen LogP contribution is 2.26. The summed E-state index contributed by atoms with van der Waals surface area (Å²) in [5.74, 6) is 0.166. The lowest BCUT2D eigenvalue weighted by Crippen LogP contribution is -1.90. The van der Waals surface area contributed by atoms with Crippen molar-refractivity contribution in [2.24, 2.45) is 5.10 Å². The van der Waals surface area contributed by atoms with Crippen molar-refractivity contribution in [3.63, 3.8) is 0 Å². The number of thiazole rings is 1. The normalized spacial score (nSPS) is 11.0. The van der Waals surface area contributed by atoms with Gasteiger partial charge in [0.25, 0.3) is 0 Å². The Labute approximate surface area is 150 Å². The van der Waals surface area contributed by atoms with E-state index in [1.807, 2.05) is 29.6 Å². The predicted molar refractivity (Wildman–Crippen MR) is 99.6 cm³/mol. The molecule has 0 saturated heterocycles. The summed E-state index contributed by atoms with van der Waals surface area (Å²) in [6.07, 6.45) is 1.55. The monoisotopic (exact) mass is 407 g/mol. The van der Waals surface area contributed by atoms with Crippen molar-refractivity contribution in [3.05, 3.63) is 62.9 Å². The van der Waals surface area contributed by atoms with Gasteiger partial charge in [0.2, 0.25) is 5.13 Å². The molecular formula is C16H11BrClN3OS. The van der Waals surface area contributed by atoms with Crippen molar-refractivity contribution in [1.82, 2.24) is 4.98 Å². The van der Waals surface area contributed by atoms with Crippen LogP contribution in [0.25, 0.3) is 11.3 Å². The number of hydrogen-bond acceptors (Lipinski definition) is 5. The second-order valence-corrected chi connectivity index (χ2v) is 6.83. The summed E-state index contributed by atoms with van der Waals surface area (Å²) in [4.78, 5) is 4.46. The van der Waals surface area contributed by atoms with Gasteiger partial charge >= 0.3 is 0 Å². The number of anilines is 1. The maximum atomic E-state index is 9.74. The highest BCUT2D eigenvalue weighted by molar-refractivity contribution is 9.10. The molecule has 3 aromatic rings. The van der Waals surface area contributed by atoms with Crippen LogP contribution in [0.15, 0.2) is 57.4 Å². The smallest absolute Gasteiger partial charge is 0.203 e. The van der Waals surface area contributed by atoms with Crippen LogP contribution in [0.3, 0.4) is 0 Å². The average molecular weight is 409 g/mol. The molecule has 2 aromatic carbocycles. The predicted octanol–water partition coefficient (Wildman–Crippen LogP) is 5.38. The maximum Gasteiger partial charge on any atom is 0.203 e. The number of aromatic nitrogens is 1. The molecule has 1 aromatic heterocycles. The molecule has 0 aliphatic heterocycles. The first-order valence-corrected chi connectivity index (χ1v) is 8.66. The molecular weight excluding hydrogens is 398 g/mol. The van der Waals surface area contributed by atoms with E-state index in [-0.39, 0.29) is 5.75 Å². The first-order valence-electron chi connectivity index (χ1n) is 6.61. The molecule has 0 aliphatic rings. The SMILES string of the molecule is Oc1ccc(Br)cc1/C=N\Nc1nc(-c2ccc(Cl)cc2)cs1. The van der Waals surface area contributed by atoms with Crippen LogP contribution in [0, 0.1) is 0 Å². The summed E-state index contributed by atoms with van der Waals surface area (Å²) >= 11 is 10.7. The lowest BCUT2D eigenvalue weighted by atomic mass is 10.2. The van der Waals surface area contributed by atoms with E-state index in [4.69, 9.17) is 11.6 Å². The summed E-state index contributed by atoms with van der Waals surface area (Å²) in [5, 5.41) is 17.2. The zero-order valence-electron chi connectivity index (χ0n) is 11.7. The van der Waals surface area contributed by atoms with E-state index in [9.17, 15) is 5.11 Å². The molecule has 2 N–H and O–H groups in total. The molecule has 23 heavy (non-hydrogen) atoms. The minimum Gasteiger partial charge on any atom is -0.507 e. The molecule has 0 bridgehead atoms. The molecule has 0 amide bonds. The van der Waals surface area contributed by atoms with Gasteiger partial charge in [-0.3, -0.25) is 5.43 Å². The summed E-state index contributed by atoms with van der Waals surface area (Å²) in [6.45, 7) is 0. The maximum absolute atomic E-state index is 9.74. The summed E-state index contributed by atoms with van der Waals surface area (Å²) in [7, 11) is 0. The first-order chi connectivity index (χ1) is 11.1. The summed E-state index contributed by atoms with van der Waals surface area (Å²) in [5.41, 5.74) is 5.33. The van der Waals surface area contributed by atoms with Gasteiger partial charge in [-0.1, -0.05) is 39.7 Å². The first kappa shape index (κ1) is 16.0. The highest BCUT2D eigenvalue weighted by Gasteiger charge is 2.04. The fourth-order valence-electron chi connectivity index (χ4n) is 1.86. The molecule has 4 nitrogen and oxygen atoms in total. The van der Waals surface area contributed by atoms with E-state index < -0.39 is 0 Å². The number of benzene rings is 2. The molecule has 0 fully saturated rings. The van der Waals surface area contributed by atoms with Crippen LogP contribution < -0.4 is 5.43 Å². The Hall–Kier alpha value is -1.89. The summed E-state index contributed by atoms with van der Waals surface area (Å²) < 4.78 is 0.871. The van der Waals surface area contributed by atoms with Crippen LogP contribution in [0.4, 0.5) is 5.13 Å². The Morgan fingerprint density at radius 2 is 2.00 bits per heavy atom. The molecule has 7 heteroatoms. The Balaban J connectivity index is 1.71. The molecule has 1 heterocycles. The van der Waals surface area contributed by atoms with Crippen LogP contribution in [-0.4, -0.2) is 16.3 Å². The molecule has 0 atom stereocenters. The van der Waals surface area contributed by atoms with Crippen LogP contribution in [0.1, 0.15) is 5.56 Å². The third kappa shape index (κ3) is 4.10. The Bertz CT molecular complexity index is 849. The number of nitrogens with zero attached hydrogens (tertiary/aromatic N) is 2. The van der Waals surface area contributed by atoms with Crippen molar-refractivity contribution < 1.29 is 5.11 Å². The van der Waals surface area contributed by atoms with Gasteiger partial charge in [0.1, 0.15) is 5.75 Å². The van der Waals surface area contributed by atoms with E-state index in [1.54, 1.807) is 24.4 Å². The van der Waals surface area contributed by atoms with Crippen molar-refractivity contribution in [2.45, 2.75) is 0 Å². The molecule has 0 aliphatic carbocycles. The van der Waals surface area contributed by atoms with Crippen LogP contribution in [0.5, 0.6) is 5.75 Å². The number of hydrazone groups is 1. The standard InChI is InChI=1S/C16H11BrClN3OS/c17-12-3-6-15(22)11(7-12)8-19-21-16-20-14(9-23-16)10-1-4-13(18)5-2-10/h1-9,22H,(H,20,21)/b19-8-. The fraction of sp³-hybridized carbons (Fsp3) is 0. The van der Waals surface area contributed by atoms with Gasteiger partial charge in [-0.15, -0.1) is 11.3 Å². The van der Waals surface area contributed by atoms with Crippen LogP contribution >= 0.6 is 38.9 Å². The van der Waals surface area contributed by atoms with Crippen molar-refractivity contribution in [3.8, 4) is 17.0 Å². The Kier molecular flexibility index (Phi) is 4.95. The van der Waals surface area contributed by atoms with E-state index in [0.717, 1.165) is 15.7 Å². The largest absolute Gasteiger partial charge is 0.507 e. The van der Waals surface area contributed by atoms with Crippen molar-refractivity contribution in [1.29, 1.82) is 0 Å². The molecule has 3 rings (SSSR count). The summed E-state index contributed by atoms with van der Waals surface area (Å²) in [6, 6.07) is 12.7. The van der Waals surface area contributed by atoms with Crippen LogP contribution in [-0.2, 0) is 0 Å². The highest BCUT2D eigenvalue weighted by atomic mass is 79.9. The third-order valence-corrected chi connectivity index (χ3v) is 4.49.